The molecular formula is C15H24FN3O3S. The fraction of sp³-hybridized carbons (Fsp3) is 0.533. The predicted octanol–water partition coefficient (Wildman–Crippen LogP) is 1.60. The van der Waals surface area contributed by atoms with Crippen molar-refractivity contribution in [3.8, 4) is 0 Å². The third-order valence-electron chi connectivity index (χ3n) is 3.54. The Morgan fingerprint density at radius 1 is 1.22 bits per heavy atom. The summed E-state index contributed by atoms with van der Waals surface area (Å²) < 4.78 is 40.6. The summed E-state index contributed by atoms with van der Waals surface area (Å²) in [7, 11) is -1.34. The molecule has 1 aromatic rings. The molecule has 0 unspecified atom stereocenters. The number of nitrogens with zero attached hydrogens (tertiary/aromatic N) is 2. The highest BCUT2D eigenvalue weighted by molar-refractivity contribution is 7.90. The predicted molar refractivity (Wildman–Crippen MR) is 88.8 cm³/mol. The molecule has 0 bridgehead atoms. The Hall–Kier alpha value is -1.67. The molecular weight excluding hydrogens is 321 g/mol. The van der Waals surface area contributed by atoms with E-state index in [1.54, 1.807) is 0 Å². The molecule has 0 aliphatic heterocycles. The van der Waals surface area contributed by atoms with Gasteiger partial charge in [0.1, 0.15) is 12.4 Å². The van der Waals surface area contributed by atoms with Gasteiger partial charge in [-0.2, -0.15) is 12.7 Å². The minimum Gasteiger partial charge on any atom is -0.352 e. The Kier molecular flexibility index (Phi) is 6.52. The van der Waals surface area contributed by atoms with E-state index in [-0.39, 0.29) is 17.6 Å². The SMILES string of the molecule is CC(C)[C@@H](C)NC(=O)CN(c1ccccc1F)S(=O)(=O)N(C)C. The van der Waals surface area contributed by atoms with Crippen molar-refractivity contribution in [1.82, 2.24) is 9.62 Å². The van der Waals surface area contributed by atoms with Gasteiger partial charge in [-0.25, -0.2) is 8.70 Å². The maximum absolute atomic E-state index is 14.0. The van der Waals surface area contributed by atoms with Gasteiger partial charge in [0.2, 0.25) is 5.91 Å². The number of amides is 1. The molecule has 0 aliphatic rings. The van der Waals surface area contributed by atoms with E-state index in [1.807, 2.05) is 20.8 Å². The van der Waals surface area contributed by atoms with Gasteiger partial charge in [0.15, 0.2) is 0 Å². The highest BCUT2D eigenvalue weighted by atomic mass is 32.2. The zero-order chi connectivity index (χ0) is 17.8. The minimum absolute atomic E-state index is 0.118. The van der Waals surface area contributed by atoms with Crippen LogP contribution in [0, 0.1) is 11.7 Å². The summed E-state index contributed by atoms with van der Waals surface area (Å²) in [6.07, 6.45) is 0. The van der Waals surface area contributed by atoms with Gasteiger partial charge >= 0.3 is 10.2 Å². The Labute approximate surface area is 137 Å². The van der Waals surface area contributed by atoms with Crippen molar-refractivity contribution in [3.63, 3.8) is 0 Å². The maximum Gasteiger partial charge on any atom is 0.304 e. The van der Waals surface area contributed by atoms with E-state index in [0.29, 0.717) is 0 Å². The summed E-state index contributed by atoms with van der Waals surface area (Å²) in [5.41, 5.74) is -0.159. The van der Waals surface area contributed by atoms with Crippen LogP contribution in [0.4, 0.5) is 10.1 Å². The molecule has 1 N–H and O–H groups in total. The zero-order valence-electron chi connectivity index (χ0n) is 14.1. The summed E-state index contributed by atoms with van der Waals surface area (Å²) >= 11 is 0. The molecule has 0 saturated heterocycles. The molecule has 1 aromatic carbocycles. The van der Waals surface area contributed by atoms with Crippen LogP contribution in [-0.4, -0.2) is 45.3 Å². The van der Waals surface area contributed by atoms with Gasteiger partial charge in [-0.05, 0) is 25.0 Å². The van der Waals surface area contributed by atoms with Crippen LogP contribution < -0.4 is 9.62 Å². The number of hydrogen-bond acceptors (Lipinski definition) is 3. The third kappa shape index (κ3) is 4.90. The highest BCUT2D eigenvalue weighted by Gasteiger charge is 2.29. The maximum atomic E-state index is 14.0. The lowest BCUT2D eigenvalue weighted by molar-refractivity contribution is -0.120. The van der Waals surface area contributed by atoms with Crippen molar-refractivity contribution in [2.45, 2.75) is 26.8 Å². The molecule has 0 radical (unpaired) electrons. The van der Waals surface area contributed by atoms with Gasteiger partial charge in [-0.15, -0.1) is 0 Å². The van der Waals surface area contributed by atoms with Gasteiger partial charge < -0.3 is 5.32 Å². The first-order valence-corrected chi connectivity index (χ1v) is 8.71. The molecule has 1 rings (SSSR count). The summed E-state index contributed by atoms with van der Waals surface area (Å²) in [6, 6.07) is 5.34. The number of hydrogen-bond donors (Lipinski definition) is 1. The average Bonchev–Trinajstić information content (AvgIpc) is 2.45. The van der Waals surface area contributed by atoms with Crippen molar-refractivity contribution in [2.75, 3.05) is 24.9 Å². The first-order chi connectivity index (χ1) is 10.6. The monoisotopic (exact) mass is 345 g/mol. The second-order valence-electron chi connectivity index (χ2n) is 5.85. The fourth-order valence-corrected chi connectivity index (χ4v) is 2.81. The second kappa shape index (κ2) is 7.74. The van der Waals surface area contributed by atoms with Gasteiger partial charge in [0.05, 0.1) is 5.69 Å². The Morgan fingerprint density at radius 3 is 2.26 bits per heavy atom. The summed E-state index contributed by atoms with van der Waals surface area (Å²) in [5.74, 6) is -0.992. The van der Waals surface area contributed by atoms with E-state index in [2.05, 4.69) is 5.32 Å². The molecule has 6 nitrogen and oxygen atoms in total. The normalized spacial score (nSPS) is 13.2. The minimum atomic E-state index is -4.00. The summed E-state index contributed by atoms with van der Waals surface area (Å²) in [5, 5.41) is 2.72. The van der Waals surface area contributed by atoms with Crippen molar-refractivity contribution < 1.29 is 17.6 Å². The van der Waals surface area contributed by atoms with Crippen LogP contribution in [0.2, 0.25) is 0 Å². The number of carbonyl (C=O) groups is 1. The smallest absolute Gasteiger partial charge is 0.304 e. The molecule has 1 amide bonds. The van der Waals surface area contributed by atoms with Gasteiger partial charge in [-0.1, -0.05) is 26.0 Å². The number of rotatable bonds is 7. The second-order valence-corrected chi connectivity index (χ2v) is 7.92. The van der Waals surface area contributed by atoms with Crippen molar-refractivity contribution in [3.05, 3.63) is 30.1 Å². The standard InChI is InChI=1S/C15H24FN3O3S/c1-11(2)12(3)17-15(20)10-19(23(21,22)18(4)5)14-9-7-6-8-13(14)16/h6-9,11-12H,10H2,1-5H3,(H,17,20)/t12-/m1/s1. The van der Waals surface area contributed by atoms with Crippen LogP contribution in [0.3, 0.4) is 0 Å². The van der Waals surface area contributed by atoms with Crippen LogP contribution in [0.5, 0.6) is 0 Å². The molecule has 0 fully saturated rings. The molecule has 1 atom stereocenters. The van der Waals surface area contributed by atoms with Crippen LogP contribution in [0.1, 0.15) is 20.8 Å². The van der Waals surface area contributed by atoms with Crippen LogP contribution in [0.25, 0.3) is 0 Å². The number of nitrogens with one attached hydrogen (secondary N) is 1. The lowest BCUT2D eigenvalue weighted by Crippen LogP contribution is -2.48. The zero-order valence-corrected chi connectivity index (χ0v) is 14.9. The summed E-state index contributed by atoms with van der Waals surface area (Å²) in [6.45, 7) is 5.22. The van der Waals surface area contributed by atoms with E-state index >= 15 is 0 Å². The molecule has 23 heavy (non-hydrogen) atoms. The largest absolute Gasteiger partial charge is 0.352 e. The van der Waals surface area contributed by atoms with E-state index in [4.69, 9.17) is 0 Å². The van der Waals surface area contributed by atoms with Gasteiger partial charge in [0, 0.05) is 20.1 Å². The first kappa shape index (κ1) is 19.4. The molecule has 0 aromatic heterocycles. The molecule has 0 heterocycles. The van der Waals surface area contributed by atoms with E-state index in [1.165, 1.54) is 32.3 Å². The van der Waals surface area contributed by atoms with Crippen molar-refractivity contribution in [2.24, 2.45) is 5.92 Å². The fourth-order valence-electron chi connectivity index (χ4n) is 1.74. The van der Waals surface area contributed by atoms with Crippen LogP contribution >= 0.6 is 0 Å². The summed E-state index contributed by atoms with van der Waals surface area (Å²) in [4.78, 5) is 12.2. The molecule has 0 saturated carbocycles. The topological polar surface area (TPSA) is 69.7 Å². The number of carbonyl (C=O) groups excluding carboxylic acids is 1. The lowest BCUT2D eigenvalue weighted by Gasteiger charge is -2.28. The lowest BCUT2D eigenvalue weighted by atomic mass is 10.1. The van der Waals surface area contributed by atoms with Gasteiger partial charge in [-0.3, -0.25) is 4.79 Å². The highest BCUT2D eigenvalue weighted by Crippen LogP contribution is 2.22. The van der Waals surface area contributed by atoms with Crippen LogP contribution in [0.15, 0.2) is 24.3 Å². The van der Waals surface area contributed by atoms with E-state index in [9.17, 15) is 17.6 Å². The molecule has 0 spiro atoms. The number of benzene rings is 1. The Balaban J connectivity index is 3.13. The van der Waals surface area contributed by atoms with Crippen molar-refractivity contribution in [1.29, 1.82) is 0 Å². The quantitative estimate of drug-likeness (QED) is 0.816. The van der Waals surface area contributed by atoms with Crippen LogP contribution in [-0.2, 0) is 15.0 Å². The molecule has 8 heteroatoms. The average molecular weight is 345 g/mol. The van der Waals surface area contributed by atoms with E-state index in [0.717, 1.165) is 14.7 Å². The molecule has 0 aliphatic carbocycles. The van der Waals surface area contributed by atoms with Gasteiger partial charge in [0.25, 0.3) is 0 Å². The van der Waals surface area contributed by atoms with Crippen molar-refractivity contribution >= 4 is 21.8 Å². The third-order valence-corrected chi connectivity index (χ3v) is 5.34. The number of halogens is 1. The number of para-hydroxylation sites is 1. The van der Waals surface area contributed by atoms with E-state index < -0.39 is 28.5 Å². The first-order valence-electron chi connectivity index (χ1n) is 7.31. The number of anilines is 1. The Bertz CT molecular complexity index is 647. The Morgan fingerprint density at radius 2 is 1.78 bits per heavy atom. The molecule has 130 valence electrons.